The lowest BCUT2D eigenvalue weighted by Crippen LogP contribution is -2.10. The van der Waals surface area contributed by atoms with E-state index < -0.39 is 13.8 Å². The molecule has 2 N–H and O–H groups in total. The van der Waals surface area contributed by atoms with Crippen molar-refractivity contribution in [3.05, 3.63) is 12.2 Å². The highest BCUT2D eigenvalue weighted by Gasteiger charge is 2.14. The van der Waals surface area contributed by atoms with E-state index >= 15 is 0 Å². The van der Waals surface area contributed by atoms with Gasteiger partial charge in [-0.25, -0.2) is 9.36 Å². The van der Waals surface area contributed by atoms with Crippen molar-refractivity contribution in [3.63, 3.8) is 0 Å². The highest BCUT2D eigenvalue weighted by molar-refractivity contribution is 7.46. The number of phosphoric acid groups is 1. The number of hydrogen-bond acceptors (Lipinski definition) is 4. The van der Waals surface area contributed by atoms with Crippen molar-refractivity contribution in [1.29, 1.82) is 0 Å². The molecular formula is C10H19O6P. The number of esters is 1. The van der Waals surface area contributed by atoms with Crippen LogP contribution in [0.4, 0.5) is 0 Å². The van der Waals surface area contributed by atoms with Crippen LogP contribution in [0.15, 0.2) is 12.2 Å². The van der Waals surface area contributed by atoms with Crippen molar-refractivity contribution in [2.45, 2.75) is 26.7 Å². The maximum Gasteiger partial charge on any atom is 0.469 e. The van der Waals surface area contributed by atoms with Gasteiger partial charge in [-0.05, 0) is 25.7 Å². The fourth-order valence-corrected chi connectivity index (χ4v) is 1.34. The summed E-state index contributed by atoms with van der Waals surface area (Å²) in [5.74, 6) is -0.275. The van der Waals surface area contributed by atoms with E-state index in [1.165, 1.54) is 0 Å². The summed E-state index contributed by atoms with van der Waals surface area (Å²) in [6.45, 7) is 7.16. The number of ether oxygens (including phenoxy) is 1. The second-order valence-electron chi connectivity index (χ2n) is 3.92. The first-order valence-corrected chi connectivity index (χ1v) is 6.78. The number of hydrogen-bond donors (Lipinski definition) is 2. The Balaban J connectivity index is 3.60. The van der Waals surface area contributed by atoms with Crippen LogP contribution in [0.2, 0.25) is 0 Å². The highest BCUT2D eigenvalue weighted by Crippen LogP contribution is 2.36. The Morgan fingerprint density at radius 2 is 1.88 bits per heavy atom. The van der Waals surface area contributed by atoms with E-state index in [0.29, 0.717) is 18.4 Å². The van der Waals surface area contributed by atoms with Crippen LogP contribution in [0.1, 0.15) is 26.7 Å². The third-order valence-corrected chi connectivity index (χ3v) is 2.58. The van der Waals surface area contributed by atoms with Gasteiger partial charge in [0.25, 0.3) is 0 Å². The average molecular weight is 266 g/mol. The fourth-order valence-electron chi connectivity index (χ4n) is 0.993. The molecule has 1 atom stereocenters. The van der Waals surface area contributed by atoms with Gasteiger partial charge in [-0.3, -0.25) is 4.52 Å². The van der Waals surface area contributed by atoms with E-state index in [2.05, 4.69) is 11.1 Å². The number of rotatable bonds is 8. The first-order chi connectivity index (χ1) is 7.72. The molecule has 1 unspecified atom stereocenters. The van der Waals surface area contributed by atoms with Crippen LogP contribution in [0.3, 0.4) is 0 Å². The molecule has 0 aliphatic rings. The summed E-state index contributed by atoms with van der Waals surface area (Å²) >= 11 is 0. The van der Waals surface area contributed by atoms with Gasteiger partial charge in [-0.1, -0.05) is 13.5 Å². The predicted molar refractivity (Wildman–Crippen MR) is 62.2 cm³/mol. The van der Waals surface area contributed by atoms with Gasteiger partial charge in [-0.2, -0.15) is 0 Å². The van der Waals surface area contributed by atoms with Crippen LogP contribution >= 0.6 is 7.82 Å². The molecule has 0 aliphatic heterocycles. The van der Waals surface area contributed by atoms with Crippen molar-refractivity contribution in [1.82, 2.24) is 0 Å². The number of carbonyl (C=O) groups excluding carboxylic acids is 1. The average Bonchev–Trinajstić information content (AvgIpc) is 2.15. The van der Waals surface area contributed by atoms with Crippen molar-refractivity contribution in [2.75, 3.05) is 13.2 Å². The highest BCUT2D eigenvalue weighted by atomic mass is 31.2. The van der Waals surface area contributed by atoms with Gasteiger partial charge >= 0.3 is 13.8 Å². The molecule has 0 radical (unpaired) electrons. The summed E-state index contributed by atoms with van der Waals surface area (Å²) in [5.41, 5.74) is 0.350. The summed E-state index contributed by atoms with van der Waals surface area (Å²) in [6, 6.07) is 0. The second kappa shape index (κ2) is 7.61. The van der Waals surface area contributed by atoms with Gasteiger partial charge in [0.15, 0.2) is 0 Å². The minimum atomic E-state index is -4.37. The second-order valence-corrected chi connectivity index (χ2v) is 5.16. The molecule has 0 bridgehead atoms. The monoisotopic (exact) mass is 266 g/mol. The van der Waals surface area contributed by atoms with Crippen LogP contribution in [0, 0.1) is 5.92 Å². The molecule has 100 valence electrons. The SMILES string of the molecule is C=C(C)C(=O)OCCC(C)CCOP(=O)(O)O. The molecule has 0 aromatic rings. The molecule has 0 aromatic carbocycles. The van der Waals surface area contributed by atoms with Crippen LogP contribution in [0.25, 0.3) is 0 Å². The van der Waals surface area contributed by atoms with Crippen molar-refractivity contribution in [3.8, 4) is 0 Å². The quantitative estimate of drug-likeness (QED) is 0.394. The summed E-state index contributed by atoms with van der Waals surface area (Å²) < 4.78 is 19.6. The van der Waals surface area contributed by atoms with E-state index in [-0.39, 0.29) is 19.1 Å². The molecular weight excluding hydrogens is 247 g/mol. The summed E-state index contributed by atoms with van der Waals surface area (Å²) in [5, 5.41) is 0. The van der Waals surface area contributed by atoms with Crippen LogP contribution in [0.5, 0.6) is 0 Å². The summed E-state index contributed by atoms with van der Waals surface area (Å²) in [4.78, 5) is 27.9. The van der Waals surface area contributed by atoms with Gasteiger partial charge in [0, 0.05) is 5.57 Å². The minimum absolute atomic E-state index is 0.0140. The summed E-state index contributed by atoms with van der Waals surface area (Å²) in [7, 11) is -4.37. The first-order valence-electron chi connectivity index (χ1n) is 5.25. The lowest BCUT2D eigenvalue weighted by atomic mass is 10.1. The molecule has 0 rings (SSSR count). The van der Waals surface area contributed by atoms with Gasteiger partial charge in [0.1, 0.15) is 0 Å². The zero-order chi connectivity index (χ0) is 13.5. The molecule has 17 heavy (non-hydrogen) atoms. The fraction of sp³-hybridized carbons (Fsp3) is 0.700. The minimum Gasteiger partial charge on any atom is -0.462 e. The zero-order valence-corrected chi connectivity index (χ0v) is 11.0. The third-order valence-electron chi connectivity index (χ3n) is 2.06. The van der Waals surface area contributed by atoms with E-state index in [0.717, 1.165) is 0 Å². The third kappa shape index (κ3) is 10.2. The van der Waals surface area contributed by atoms with Crippen LogP contribution in [-0.4, -0.2) is 29.0 Å². The van der Waals surface area contributed by atoms with Crippen molar-refractivity contribution in [2.24, 2.45) is 5.92 Å². The zero-order valence-electron chi connectivity index (χ0n) is 10.1. The van der Waals surface area contributed by atoms with Gasteiger partial charge in [-0.15, -0.1) is 0 Å². The van der Waals surface area contributed by atoms with Gasteiger partial charge < -0.3 is 14.5 Å². The molecule has 0 aromatic heterocycles. The van der Waals surface area contributed by atoms with E-state index in [1.54, 1.807) is 6.92 Å². The predicted octanol–water partition coefficient (Wildman–Crippen LogP) is 1.63. The lowest BCUT2D eigenvalue weighted by molar-refractivity contribution is -0.139. The molecule has 0 spiro atoms. The Hall–Kier alpha value is -0.680. The van der Waals surface area contributed by atoms with Gasteiger partial charge in [0.05, 0.1) is 13.2 Å². The Labute approximate surface area is 101 Å². The molecule has 0 heterocycles. The van der Waals surface area contributed by atoms with Gasteiger partial charge in [0.2, 0.25) is 0 Å². The normalized spacial score (nSPS) is 13.2. The Bertz CT molecular complexity index is 308. The molecule has 0 saturated heterocycles. The standard InChI is InChI=1S/C10H19O6P/c1-8(2)10(11)15-6-4-9(3)5-7-16-17(12,13)14/h9H,1,4-7H2,2-3H3,(H2,12,13,14). The molecule has 6 nitrogen and oxygen atoms in total. The number of carbonyl (C=O) groups is 1. The maximum absolute atomic E-state index is 11.0. The summed E-state index contributed by atoms with van der Waals surface area (Å²) in [6.07, 6.45) is 1.11. The van der Waals surface area contributed by atoms with E-state index in [9.17, 15) is 9.36 Å². The van der Waals surface area contributed by atoms with Crippen molar-refractivity contribution >= 4 is 13.8 Å². The van der Waals surface area contributed by atoms with E-state index in [1.807, 2.05) is 6.92 Å². The molecule has 0 aliphatic carbocycles. The van der Waals surface area contributed by atoms with Crippen LogP contribution in [-0.2, 0) is 18.6 Å². The Morgan fingerprint density at radius 1 is 1.35 bits per heavy atom. The molecule has 7 heteroatoms. The molecule has 0 fully saturated rings. The molecule has 0 amide bonds. The Morgan fingerprint density at radius 3 is 2.35 bits per heavy atom. The first kappa shape index (κ1) is 16.3. The number of phosphoric ester groups is 1. The topological polar surface area (TPSA) is 93.1 Å². The smallest absolute Gasteiger partial charge is 0.462 e. The maximum atomic E-state index is 11.0. The van der Waals surface area contributed by atoms with E-state index in [4.69, 9.17) is 14.5 Å². The largest absolute Gasteiger partial charge is 0.469 e. The van der Waals surface area contributed by atoms with Crippen LogP contribution < -0.4 is 0 Å². The molecule has 0 saturated carbocycles. The van der Waals surface area contributed by atoms with Crippen molar-refractivity contribution < 1.29 is 28.4 Å². The Kier molecular flexibility index (Phi) is 7.30. The lowest BCUT2D eigenvalue weighted by Gasteiger charge is -2.12.